The molecule has 3 aromatic rings. The molecular weight excluding hydrogens is 344 g/mol. The van der Waals surface area contributed by atoms with Crippen LogP contribution in [0.3, 0.4) is 0 Å². The predicted molar refractivity (Wildman–Crippen MR) is 104 cm³/mol. The third kappa shape index (κ3) is 4.84. The van der Waals surface area contributed by atoms with Crippen LogP contribution in [-0.4, -0.2) is 34.5 Å². The van der Waals surface area contributed by atoms with Crippen molar-refractivity contribution in [3.05, 3.63) is 54.4 Å². The molecule has 1 heterocycles. The number of carbonyl (C=O) groups is 2. The van der Waals surface area contributed by atoms with Gasteiger partial charge in [-0.1, -0.05) is 18.2 Å². The van der Waals surface area contributed by atoms with E-state index in [4.69, 9.17) is 4.74 Å². The van der Waals surface area contributed by atoms with Crippen LogP contribution < -0.4 is 15.4 Å². The van der Waals surface area contributed by atoms with Gasteiger partial charge in [-0.25, -0.2) is 4.98 Å². The third-order valence-corrected chi connectivity index (χ3v) is 4.09. The molecule has 1 aromatic heterocycles. The van der Waals surface area contributed by atoms with Gasteiger partial charge in [0, 0.05) is 32.6 Å². The molecule has 0 atom stereocenters. The van der Waals surface area contributed by atoms with Crippen LogP contribution >= 0.6 is 0 Å². The highest BCUT2D eigenvalue weighted by Gasteiger charge is 2.10. The minimum atomic E-state index is -0.236. The summed E-state index contributed by atoms with van der Waals surface area (Å²) in [6, 6.07) is 14.8. The molecule has 0 saturated heterocycles. The summed E-state index contributed by atoms with van der Waals surface area (Å²) >= 11 is 0. The Morgan fingerprint density at radius 2 is 1.93 bits per heavy atom. The van der Waals surface area contributed by atoms with Crippen LogP contribution in [0.5, 0.6) is 5.75 Å². The summed E-state index contributed by atoms with van der Waals surface area (Å²) in [5, 5.41) is 5.59. The number of ether oxygens (including phenoxy) is 1. The van der Waals surface area contributed by atoms with Gasteiger partial charge in [0.15, 0.2) is 6.61 Å². The number of benzene rings is 2. The lowest BCUT2D eigenvalue weighted by Crippen LogP contribution is -2.23. The van der Waals surface area contributed by atoms with Crippen LogP contribution in [-0.2, 0) is 23.1 Å². The van der Waals surface area contributed by atoms with Gasteiger partial charge in [-0.15, -0.1) is 0 Å². The van der Waals surface area contributed by atoms with Gasteiger partial charge < -0.3 is 19.9 Å². The second-order valence-corrected chi connectivity index (χ2v) is 6.17. The normalized spacial score (nSPS) is 10.6. The SMILES string of the molecule is CC(=O)NCCc1nc2cc(NC(=O)COc3ccccc3)ccc2n1C. The number of anilines is 1. The lowest BCUT2D eigenvalue weighted by atomic mass is 10.2. The summed E-state index contributed by atoms with van der Waals surface area (Å²) in [4.78, 5) is 27.7. The van der Waals surface area contributed by atoms with Gasteiger partial charge in [-0.05, 0) is 30.3 Å². The molecule has 140 valence electrons. The number of hydrogen-bond acceptors (Lipinski definition) is 4. The van der Waals surface area contributed by atoms with Crippen molar-refractivity contribution < 1.29 is 14.3 Å². The highest BCUT2D eigenvalue weighted by atomic mass is 16.5. The van der Waals surface area contributed by atoms with Gasteiger partial charge in [-0.2, -0.15) is 0 Å². The minimum Gasteiger partial charge on any atom is -0.484 e. The van der Waals surface area contributed by atoms with E-state index in [0.29, 0.717) is 24.4 Å². The monoisotopic (exact) mass is 366 g/mol. The first-order valence-electron chi connectivity index (χ1n) is 8.70. The number of aryl methyl sites for hydroxylation is 1. The topological polar surface area (TPSA) is 85.2 Å². The van der Waals surface area contributed by atoms with Crippen molar-refractivity contribution in [2.45, 2.75) is 13.3 Å². The molecule has 0 aliphatic heterocycles. The van der Waals surface area contributed by atoms with Crippen LogP contribution in [0.4, 0.5) is 5.69 Å². The molecule has 0 unspecified atom stereocenters. The average Bonchev–Trinajstić information content (AvgIpc) is 2.96. The maximum absolute atomic E-state index is 12.1. The molecular formula is C20H22N4O3. The van der Waals surface area contributed by atoms with Crippen LogP contribution in [0.1, 0.15) is 12.7 Å². The van der Waals surface area contributed by atoms with Crippen LogP contribution in [0, 0.1) is 0 Å². The van der Waals surface area contributed by atoms with E-state index >= 15 is 0 Å². The number of imidazole rings is 1. The fraction of sp³-hybridized carbons (Fsp3) is 0.250. The Kier molecular flexibility index (Phi) is 5.71. The van der Waals surface area contributed by atoms with Crippen molar-refractivity contribution >= 4 is 28.5 Å². The van der Waals surface area contributed by atoms with E-state index in [1.54, 1.807) is 12.1 Å². The van der Waals surface area contributed by atoms with Gasteiger partial charge >= 0.3 is 0 Å². The number of amides is 2. The van der Waals surface area contributed by atoms with Crippen molar-refractivity contribution in [3.8, 4) is 5.75 Å². The van der Waals surface area contributed by atoms with Gasteiger partial charge in [0.1, 0.15) is 11.6 Å². The van der Waals surface area contributed by atoms with E-state index in [1.165, 1.54) is 6.92 Å². The molecule has 27 heavy (non-hydrogen) atoms. The zero-order valence-electron chi connectivity index (χ0n) is 15.4. The van der Waals surface area contributed by atoms with E-state index in [1.807, 2.05) is 48.0 Å². The van der Waals surface area contributed by atoms with Gasteiger partial charge in [0.25, 0.3) is 5.91 Å². The molecule has 0 aliphatic carbocycles. The highest BCUT2D eigenvalue weighted by Crippen LogP contribution is 2.20. The first-order chi connectivity index (χ1) is 13.0. The Bertz CT molecular complexity index is 951. The fourth-order valence-corrected chi connectivity index (χ4v) is 2.76. The Labute approximate surface area is 157 Å². The van der Waals surface area contributed by atoms with E-state index in [9.17, 15) is 9.59 Å². The van der Waals surface area contributed by atoms with Gasteiger partial charge in [0.05, 0.1) is 11.0 Å². The fourth-order valence-electron chi connectivity index (χ4n) is 2.76. The molecule has 0 spiro atoms. The van der Waals surface area contributed by atoms with E-state index in [2.05, 4.69) is 15.6 Å². The molecule has 0 radical (unpaired) electrons. The second kappa shape index (κ2) is 8.35. The molecule has 0 fully saturated rings. The quantitative estimate of drug-likeness (QED) is 0.672. The van der Waals surface area contributed by atoms with E-state index in [-0.39, 0.29) is 18.4 Å². The van der Waals surface area contributed by atoms with E-state index in [0.717, 1.165) is 16.9 Å². The minimum absolute atomic E-state index is 0.0588. The number of carbonyl (C=O) groups excluding carboxylic acids is 2. The maximum atomic E-state index is 12.1. The Balaban J connectivity index is 1.63. The Morgan fingerprint density at radius 3 is 2.67 bits per heavy atom. The lowest BCUT2D eigenvalue weighted by molar-refractivity contribution is -0.119. The van der Waals surface area contributed by atoms with Gasteiger partial charge in [0.2, 0.25) is 5.91 Å². The largest absolute Gasteiger partial charge is 0.484 e. The molecule has 3 rings (SSSR count). The summed E-state index contributed by atoms with van der Waals surface area (Å²) in [6.07, 6.45) is 0.636. The number of rotatable bonds is 7. The molecule has 0 saturated carbocycles. The van der Waals surface area contributed by atoms with Crippen molar-refractivity contribution in [1.82, 2.24) is 14.9 Å². The van der Waals surface area contributed by atoms with Crippen molar-refractivity contribution in [3.63, 3.8) is 0 Å². The van der Waals surface area contributed by atoms with Crippen molar-refractivity contribution in [2.75, 3.05) is 18.5 Å². The first kappa shape index (κ1) is 18.4. The number of aromatic nitrogens is 2. The molecule has 2 aromatic carbocycles. The lowest BCUT2D eigenvalue weighted by Gasteiger charge is -2.07. The summed E-state index contributed by atoms with van der Waals surface area (Å²) in [7, 11) is 1.93. The van der Waals surface area contributed by atoms with Crippen LogP contribution in [0.25, 0.3) is 11.0 Å². The Hall–Kier alpha value is -3.35. The molecule has 7 nitrogen and oxygen atoms in total. The number of nitrogens with zero attached hydrogens (tertiary/aromatic N) is 2. The summed E-state index contributed by atoms with van der Waals surface area (Å²) in [5.41, 5.74) is 2.42. The number of nitrogens with one attached hydrogen (secondary N) is 2. The molecule has 2 N–H and O–H groups in total. The third-order valence-electron chi connectivity index (χ3n) is 4.09. The molecule has 2 amide bonds. The standard InChI is InChI=1S/C20H22N4O3/c1-14(25)21-11-10-19-23-17-12-15(8-9-18(17)24(19)2)22-20(26)13-27-16-6-4-3-5-7-16/h3-9,12H,10-11,13H2,1-2H3,(H,21,25)(H,22,26). The second-order valence-electron chi connectivity index (χ2n) is 6.17. The highest BCUT2D eigenvalue weighted by molar-refractivity contribution is 5.94. The summed E-state index contributed by atoms with van der Waals surface area (Å²) in [5.74, 6) is 1.22. The number of para-hydroxylation sites is 1. The zero-order valence-corrected chi connectivity index (χ0v) is 15.4. The average molecular weight is 366 g/mol. The van der Waals surface area contributed by atoms with Crippen LogP contribution in [0.15, 0.2) is 48.5 Å². The van der Waals surface area contributed by atoms with Crippen molar-refractivity contribution in [1.29, 1.82) is 0 Å². The number of fused-ring (bicyclic) bond motifs is 1. The van der Waals surface area contributed by atoms with Gasteiger partial charge in [-0.3, -0.25) is 9.59 Å². The summed E-state index contributed by atoms with van der Waals surface area (Å²) in [6.45, 7) is 1.96. The molecule has 7 heteroatoms. The smallest absolute Gasteiger partial charge is 0.262 e. The first-order valence-corrected chi connectivity index (χ1v) is 8.70. The molecule has 0 aliphatic rings. The Morgan fingerprint density at radius 1 is 1.15 bits per heavy atom. The zero-order chi connectivity index (χ0) is 19.2. The van der Waals surface area contributed by atoms with E-state index < -0.39 is 0 Å². The molecule has 0 bridgehead atoms. The van der Waals surface area contributed by atoms with Crippen LogP contribution in [0.2, 0.25) is 0 Å². The summed E-state index contributed by atoms with van der Waals surface area (Å²) < 4.78 is 7.44. The predicted octanol–water partition coefficient (Wildman–Crippen LogP) is 2.27. The maximum Gasteiger partial charge on any atom is 0.262 e. The van der Waals surface area contributed by atoms with Crippen molar-refractivity contribution in [2.24, 2.45) is 7.05 Å². The number of hydrogen-bond donors (Lipinski definition) is 2.